The maximum atomic E-state index is 8.77. The summed E-state index contributed by atoms with van der Waals surface area (Å²) in [6, 6.07) is 10.1. The molecule has 0 bridgehead atoms. The number of benzene rings is 1. The lowest BCUT2D eigenvalue weighted by Gasteiger charge is -2.32. The van der Waals surface area contributed by atoms with Gasteiger partial charge in [-0.15, -0.1) is 0 Å². The first kappa shape index (κ1) is 15.0. The van der Waals surface area contributed by atoms with Crippen LogP contribution in [-0.4, -0.2) is 55.6 Å². The van der Waals surface area contributed by atoms with Gasteiger partial charge in [0.05, 0.1) is 11.6 Å². The first-order chi connectivity index (χ1) is 9.67. The van der Waals surface area contributed by atoms with Crippen molar-refractivity contribution < 1.29 is 0 Å². The molecule has 1 aliphatic heterocycles. The van der Waals surface area contributed by atoms with E-state index in [1.54, 1.807) is 0 Å². The highest BCUT2D eigenvalue weighted by Crippen LogP contribution is 2.08. The zero-order valence-corrected chi connectivity index (χ0v) is 12.3. The summed E-state index contributed by atoms with van der Waals surface area (Å²) in [5, 5.41) is 8.77. The van der Waals surface area contributed by atoms with Gasteiger partial charge in [0.25, 0.3) is 0 Å². The van der Waals surface area contributed by atoms with E-state index in [4.69, 9.17) is 11.0 Å². The van der Waals surface area contributed by atoms with Gasteiger partial charge in [0.15, 0.2) is 0 Å². The Kier molecular flexibility index (Phi) is 5.54. The molecule has 1 unspecified atom stereocenters. The second-order valence-electron chi connectivity index (χ2n) is 5.71. The Hall–Kier alpha value is -1.41. The van der Waals surface area contributed by atoms with Crippen molar-refractivity contribution in [3.63, 3.8) is 0 Å². The van der Waals surface area contributed by atoms with Gasteiger partial charge in [0, 0.05) is 32.2 Å². The SMILES string of the molecule is CN1CCN(CCC(N)Cc2ccc(C#N)cc2)CC1. The standard InChI is InChI=1S/C16H24N4/c1-19-8-10-20(11-9-19)7-6-16(18)12-14-2-4-15(13-17)5-3-14/h2-5,16H,6-12,18H2,1H3. The van der Waals surface area contributed by atoms with Crippen molar-refractivity contribution in [3.05, 3.63) is 35.4 Å². The molecule has 0 amide bonds. The summed E-state index contributed by atoms with van der Waals surface area (Å²) in [7, 11) is 2.17. The van der Waals surface area contributed by atoms with Gasteiger partial charge in [-0.3, -0.25) is 0 Å². The Morgan fingerprint density at radius 2 is 1.85 bits per heavy atom. The number of nitrogens with two attached hydrogens (primary N) is 1. The molecular formula is C16H24N4. The summed E-state index contributed by atoms with van der Waals surface area (Å²) >= 11 is 0. The van der Waals surface area contributed by atoms with E-state index in [1.165, 1.54) is 5.56 Å². The normalized spacial score (nSPS) is 18.6. The van der Waals surface area contributed by atoms with Crippen LogP contribution >= 0.6 is 0 Å². The molecule has 0 aliphatic carbocycles. The highest BCUT2D eigenvalue weighted by molar-refractivity contribution is 5.31. The second kappa shape index (κ2) is 7.39. The third-order valence-corrected chi connectivity index (χ3v) is 3.99. The fourth-order valence-corrected chi connectivity index (χ4v) is 2.54. The smallest absolute Gasteiger partial charge is 0.0991 e. The average molecular weight is 272 g/mol. The van der Waals surface area contributed by atoms with Crippen LogP contribution in [0.3, 0.4) is 0 Å². The number of nitrogens with zero attached hydrogens (tertiary/aromatic N) is 3. The van der Waals surface area contributed by atoms with Crippen LogP contribution in [-0.2, 0) is 6.42 Å². The van der Waals surface area contributed by atoms with Crippen LogP contribution in [0, 0.1) is 11.3 Å². The van der Waals surface area contributed by atoms with Crippen LogP contribution in [0.1, 0.15) is 17.5 Å². The maximum Gasteiger partial charge on any atom is 0.0991 e. The molecule has 108 valence electrons. The Balaban J connectivity index is 1.72. The summed E-state index contributed by atoms with van der Waals surface area (Å²) in [5.41, 5.74) is 8.14. The Morgan fingerprint density at radius 1 is 1.20 bits per heavy atom. The lowest BCUT2D eigenvalue weighted by atomic mass is 10.0. The predicted molar refractivity (Wildman–Crippen MR) is 81.4 cm³/mol. The third kappa shape index (κ3) is 4.61. The van der Waals surface area contributed by atoms with Crippen molar-refractivity contribution in [1.82, 2.24) is 9.80 Å². The molecule has 20 heavy (non-hydrogen) atoms. The Labute approximate surface area is 121 Å². The number of nitriles is 1. The van der Waals surface area contributed by atoms with Crippen molar-refractivity contribution in [2.75, 3.05) is 39.8 Å². The maximum absolute atomic E-state index is 8.77. The molecule has 1 saturated heterocycles. The number of hydrogen-bond donors (Lipinski definition) is 1. The van der Waals surface area contributed by atoms with Gasteiger partial charge in [-0.05, 0) is 44.1 Å². The minimum Gasteiger partial charge on any atom is -0.327 e. The molecule has 2 N–H and O–H groups in total. The van der Waals surface area contributed by atoms with Gasteiger partial charge in [-0.1, -0.05) is 12.1 Å². The molecule has 1 fully saturated rings. The molecular weight excluding hydrogens is 248 g/mol. The van der Waals surface area contributed by atoms with E-state index in [9.17, 15) is 0 Å². The summed E-state index contributed by atoms with van der Waals surface area (Å²) in [6.07, 6.45) is 1.92. The van der Waals surface area contributed by atoms with Gasteiger partial charge in [0.1, 0.15) is 0 Å². The number of likely N-dealkylation sites (N-methyl/N-ethyl adjacent to an activating group) is 1. The zero-order valence-electron chi connectivity index (χ0n) is 12.3. The first-order valence-electron chi connectivity index (χ1n) is 7.33. The lowest BCUT2D eigenvalue weighted by Crippen LogP contribution is -2.45. The van der Waals surface area contributed by atoms with E-state index < -0.39 is 0 Å². The molecule has 0 saturated carbocycles. The molecule has 2 rings (SSSR count). The lowest BCUT2D eigenvalue weighted by molar-refractivity contribution is 0.150. The molecule has 1 aromatic carbocycles. The van der Waals surface area contributed by atoms with Crippen LogP contribution < -0.4 is 5.73 Å². The second-order valence-corrected chi connectivity index (χ2v) is 5.71. The predicted octanol–water partition coefficient (Wildman–Crippen LogP) is 1.07. The highest BCUT2D eigenvalue weighted by Gasteiger charge is 2.14. The monoisotopic (exact) mass is 272 g/mol. The molecule has 0 spiro atoms. The fourth-order valence-electron chi connectivity index (χ4n) is 2.54. The van der Waals surface area contributed by atoms with E-state index in [-0.39, 0.29) is 6.04 Å². The van der Waals surface area contributed by atoms with Gasteiger partial charge in [-0.2, -0.15) is 5.26 Å². The van der Waals surface area contributed by atoms with Crippen molar-refractivity contribution in [2.24, 2.45) is 5.73 Å². The van der Waals surface area contributed by atoms with Gasteiger partial charge in [-0.25, -0.2) is 0 Å². The van der Waals surface area contributed by atoms with E-state index >= 15 is 0 Å². The largest absolute Gasteiger partial charge is 0.327 e. The van der Waals surface area contributed by atoms with Crippen molar-refractivity contribution >= 4 is 0 Å². The van der Waals surface area contributed by atoms with Crippen molar-refractivity contribution in [2.45, 2.75) is 18.9 Å². The average Bonchev–Trinajstić information content (AvgIpc) is 2.47. The Morgan fingerprint density at radius 3 is 2.45 bits per heavy atom. The summed E-state index contributed by atoms with van der Waals surface area (Å²) < 4.78 is 0. The van der Waals surface area contributed by atoms with Crippen molar-refractivity contribution in [1.29, 1.82) is 5.26 Å². The summed E-state index contributed by atoms with van der Waals surface area (Å²) in [5.74, 6) is 0. The van der Waals surface area contributed by atoms with Gasteiger partial charge >= 0.3 is 0 Å². The van der Waals surface area contributed by atoms with Crippen LogP contribution in [0.5, 0.6) is 0 Å². The first-order valence-corrected chi connectivity index (χ1v) is 7.33. The molecule has 4 nitrogen and oxygen atoms in total. The Bertz CT molecular complexity index is 441. The van der Waals surface area contributed by atoms with Crippen LogP contribution in [0.4, 0.5) is 0 Å². The highest BCUT2D eigenvalue weighted by atomic mass is 15.2. The third-order valence-electron chi connectivity index (χ3n) is 3.99. The minimum atomic E-state index is 0.197. The van der Waals surface area contributed by atoms with Crippen LogP contribution in [0.15, 0.2) is 24.3 Å². The number of hydrogen-bond acceptors (Lipinski definition) is 4. The zero-order chi connectivity index (χ0) is 14.4. The van der Waals surface area contributed by atoms with Gasteiger partial charge < -0.3 is 15.5 Å². The van der Waals surface area contributed by atoms with E-state index in [2.05, 4.69) is 22.9 Å². The quantitative estimate of drug-likeness (QED) is 0.871. The van der Waals surface area contributed by atoms with E-state index in [0.29, 0.717) is 5.56 Å². The fraction of sp³-hybridized carbons (Fsp3) is 0.562. The topological polar surface area (TPSA) is 56.3 Å². The van der Waals surface area contributed by atoms with E-state index in [1.807, 2.05) is 24.3 Å². The molecule has 1 atom stereocenters. The molecule has 0 radical (unpaired) electrons. The number of piperazine rings is 1. The number of rotatable bonds is 5. The van der Waals surface area contributed by atoms with Crippen LogP contribution in [0.25, 0.3) is 0 Å². The van der Waals surface area contributed by atoms with E-state index in [0.717, 1.165) is 45.6 Å². The molecule has 4 heteroatoms. The molecule has 1 aliphatic rings. The summed E-state index contributed by atoms with van der Waals surface area (Å²) in [6.45, 7) is 5.71. The van der Waals surface area contributed by atoms with Crippen LogP contribution in [0.2, 0.25) is 0 Å². The summed E-state index contributed by atoms with van der Waals surface area (Å²) in [4.78, 5) is 4.87. The van der Waals surface area contributed by atoms with Gasteiger partial charge in [0.2, 0.25) is 0 Å². The van der Waals surface area contributed by atoms with Crippen molar-refractivity contribution in [3.8, 4) is 6.07 Å². The molecule has 1 aromatic rings. The molecule has 0 aromatic heterocycles. The minimum absolute atomic E-state index is 0.197. The molecule has 1 heterocycles.